The summed E-state index contributed by atoms with van der Waals surface area (Å²) in [5.74, 6) is 0.569. The van der Waals surface area contributed by atoms with Crippen LogP contribution in [0.3, 0.4) is 0 Å². The van der Waals surface area contributed by atoms with Crippen molar-refractivity contribution in [1.29, 1.82) is 0 Å². The highest BCUT2D eigenvalue weighted by atomic mass is 32.1. The van der Waals surface area contributed by atoms with Crippen LogP contribution in [-0.4, -0.2) is 61.0 Å². The lowest BCUT2D eigenvalue weighted by atomic mass is 10.2. The zero-order valence-corrected chi connectivity index (χ0v) is 17.4. The van der Waals surface area contributed by atoms with Gasteiger partial charge in [0.05, 0.1) is 7.11 Å². The number of piperazine rings is 1. The minimum atomic E-state index is -0.162. The number of hydrogen-bond acceptors (Lipinski definition) is 6. The summed E-state index contributed by atoms with van der Waals surface area (Å²) >= 11 is 1.24. The highest BCUT2D eigenvalue weighted by Gasteiger charge is 2.26. The van der Waals surface area contributed by atoms with Gasteiger partial charge in [0.25, 0.3) is 11.8 Å². The van der Waals surface area contributed by atoms with Crippen molar-refractivity contribution in [2.75, 3.05) is 38.2 Å². The van der Waals surface area contributed by atoms with Crippen LogP contribution < -0.4 is 15.0 Å². The Bertz CT molecular complexity index is 853. The smallest absolute Gasteiger partial charge is 0.280 e. The fraction of sp³-hybridized carbons (Fsp3) is 0.476. The van der Waals surface area contributed by atoms with E-state index >= 15 is 0 Å². The summed E-state index contributed by atoms with van der Waals surface area (Å²) in [5.41, 5.74) is 1.49. The molecule has 2 aromatic rings. The number of methoxy groups -OCH3 is 1. The largest absolute Gasteiger partial charge is 0.497 e. The molecule has 1 aromatic heterocycles. The molecule has 1 saturated carbocycles. The van der Waals surface area contributed by atoms with E-state index < -0.39 is 0 Å². The summed E-state index contributed by atoms with van der Waals surface area (Å²) in [7, 11) is 1.65. The molecule has 8 heteroatoms. The predicted molar refractivity (Wildman–Crippen MR) is 113 cm³/mol. The van der Waals surface area contributed by atoms with Crippen LogP contribution in [0.5, 0.6) is 5.75 Å². The molecule has 2 amide bonds. The Kier molecular flexibility index (Phi) is 5.99. The molecule has 4 rings (SSSR count). The lowest BCUT2D eigenvalue weighted by Crippen LogP contribution is -2.48. The Hall–Kier alpha value is -2.61. The quantitative estimate of drug-likeness (QED) is 0.814. The van der Waals surface area contributed by atoms with Crippen LogP contribution in [0.4, 0.5) is 5.69 Å². The topological polar surface area (TPSA) is 74.8 Å². The maximum Gasteiger partial charge on any atom is 0.280 e. The molecule has 1 aliphatic heterocycles. The SMILES string of the molecule is COc1ccc(N2CCN(C(=O)c3csc(C(=O)NC4CCCC4)n3)CC2)cc1. The van der Waals surface area contributed by atoms with Gasteiger partial charge in [0.2, 0.25) is 0 Å². The molecule has 0 spiro atoms. The van der Waals surface area contributed by atoms with Crippen LogP contribution in [0, 0.1) is 0 Å². The van der Waals surface area contributed by atoms with Gasteiger partial charge in [0.1, 0.15) is 11.4 Å². The third-order valence-corrected chi connectivity index (χ3v) is 6.45. The number of benzene rings is 1. The van der Waals surface area contributed by atoms with Crippen LogP contribution in [0.25, 0.3) is 0 Å². The third kappa shape index (κ3) is 4.53. The summed E-state index contributed by atoms with van der Waals surface area (Å²) < 4.78 is 5.20. The fourth-order valence-corrected chi connectivity index (χ4v) is 4.61. The van der Waals surface area contributed by atoms with Crippen molar-refractivity contribution in [2.24, 2.45) is 0 Å². The molecule has 2 fully saturated rings. The van der Waals surface area contributed by atoms with Crippen molar-refractivity contribution in [3.63, 3.8) is 0 Å². The average Bonchev–Trinajstić information content (AvgIpc) is 3.46. The summed E-state index contributed by atoms with van der Waals surface area (Å²) in [5, 5.41) is 5.10. The third-order valence-electron chi connectivity index (χ3n) is 5.61. The first-order valence-corrected chi connectivity index (χ1v) is 11.0. The van der Waals surface area contributed by atoms with Gasteiger partial charge < -0.3 is 19.9 Å². The molecule has 0 radical (unpaired) electrons. The second-order valence-corrected chi connectivity index (χ2v) is 8.33. The average molecular weight is 415 g/mol. The van der Waals surface area contributed by atoms with Gasteiger partial charge in [-0.25, -0.2) is 4.98 Å². The number of aromatic nitrogens is 1. The summed E-state index contributed by atoms with van der Waals surface area (Å²) in [6.45, 7) is 2.78. The number of nitrogens with one attached hydrogen (secondary N) is 1. The van der Waals surface area contributed by atoms with Gasteiger partial charge in [0.15, 0.2) is 5.01 Å². The molecule has 0 unspecified atom stereocenters. The first-order chi connectivity index (χ1) is 14.1. The lowest BCUT2D eigenvalue weighted by molar-refractivity contribution is 0.0741. The highest BCUT2D eigenvalue weighted by Crippen LogP contribution is 2.22. The monoisotopic (exact) mass is 414 g/mol. The van der Waals surface area contributed by atoms with E-state index in [1.807, 2.05) is 29.2 Å². The zero-order valence-electron chi connectivity index (χ0n) is 16.6. The zero-order chi connectivity index (χ0) is 20.2. The van der Waals surface area contributed by atoms with E-state index in [1.54, 1.807) is 12.5 Å². The first-order valence-electron chi connectivity index (χ1n) is 10.1. The standard InChI is InChI=1S/C21H26N4O3S/c1-28-17-8-6-16(7-9-17)24-10-12-25(13-11-24)21(27)18-14-29-20(23-18)19(26)22-15-4-2-3-5-15/h6-9,14-15H,2-5,10-13H2,1H3,(H,22,26). The number of amides is 2. The van der Waals surface area contributed by atoms with Gasteiger partial charge in [-0.3, -0.25) is 9.59 Å². The van der Waals surface area contributed by atoms with Crippen LogP contribution in [-0.2, 0) is 0 Å². The molecule has 1 saturated heterocycles. The molecule has 7 nitrogen and oxygen atoms in total. The molecule has 0 bridgehead atoms. The second kappa shape index (κ2) is 8.82. The summed E-state index contributed by atoms with van der Waals surface area (Å²) in [6.07, 6.45) is 4.38. The van der Waals surface area contributed by atoms with Gasteiger partial charge in [-0.2, -0.15) is 0 Å². The van der Waals surface area contributed by atoms with Crippen molar-refractivity contribution in [2.45, 2.75) is 31.7 Å². The Balaban J connectivity index is 1.32. The van der Waals surface area contributed by atoms with E-state index in [2.05, 4.69) is 15.2 Å². The van der Waals surface area contributed by atoms with E-state index in [4.69, 9.17) is 4.74 Å². The predicted octanol–water partition coefficient (Wildman–Crippen LogP) is 2.79. The minimum Gasteiger partial charge on any atom is -0.497 e. The number of thiazole rings is 1. The number of rotatable bonds is 5. The van der Waals surface area contributed by atoms with E-state index in [-0.39, 0.29) is 17.9 Å². The first kappa shape index (κ1) is 19.7. The molecule has 1 aliphatic carbocycles. The van der Waals surface area contributed by atoms with Crippen LogP contribution in [0.2, 0.25) is 0 Å². The van der Waals surface area contributed by atoms with Crippen molar-refractivity contribution in [1.82, 2.24) is 15.2 Å². The molecule has 154 valence electrons. The van der Waals surface area contributed by atoms with Gasteiger partial charge in [-0.05, 0) is 37.1 Å². The number of anilines is 1. The van der Waals surface area contributed by atoms with Crippen molar-refractivity contribution in [3.8, 4) is 5.75 Å². The Morgan fingerprint density at radius 3 is 2.45 bits per heavy atom. The number of nitrogens with zero attached hydrogens (tertiary/aromatic N) is 3. The Morgan fingerprint density at radius 2 is 1.79 bits per heavy atom. The highest BCUT2D eigenvalue weighted by molar-refractivity contribution is 7.11. The van der Waals surface area contributed by atoms with E-state index in [0.717, 1.165) is 50.2 Å². The van der Waals surface area contributed by atoms with E-state index in [9.17, 15) is 9.59 Å². The maximum atomic E-state index is 12.8. The number of carbonyl (C=O) groups excluding carboxylic acids is 2. The van der Waals surface area contributed by atoms with Crippen LogP contribution >= 0.6 is 11.3 Å². The minimum absolute atomic E-state index is 0.101. The van der Waals surface area contributed by atoms with Crippen molar-refractivity contribution in [3.05, 3.63) is 40.3 Å². The Labute approximate surface area is 174 Å². The van der Waals surface area contributed by atoms with Gasteiger partial charge in [0, 0.05) is 43.3 Å². The van der Waals surface area contributed by atoms with Crippen LogP contribution in [0.1, 0.15) is 46.0 Å². The molecule has 1 N–H and O–H groups in total. The number of ether oxygens (including phenoxy) is 1. The fourth-order valence-electron chi connectivity index (χ4n) is 3.92. The molecule has 29 heavy (non-hydrogen) atoms. The van der Waals surface area contributed by atoms with Gasteiger partial charge in [-0.15, -0.1) is 11.3 Å². The normalized spacial score (nSPS) is 17.4. The van der Waals surface area contributed by atoms with E-state index in [0.29, 0.717) is 23.8 Å². The molecule has 2 heterocycles. The summed E-state index contributed by atoms with van der Waals surface area (Å²) in [6, 6.07) is 8.20. The van der Waals surface area contributed by atoms with E-state index in [1.165, 1.54) is 11.3 Å². The van der Waals surface area contributed by atoms with Crippen LogP contribution in [0.15, 0.2) is 29.6 Å². The lowest BCUT2D eigenvalue weighted by Gasteiger charge is -2.35. The van der Waals surface area contributed by atoms with Gasteiger partial charge in [-0.1, -0.05) is 12.8 Å². The molecule has 0 atom stereocenters. The van der Waals surface area contributed by atoms with Crippen molar-refractivity contribution >= 4 is 28.8 Å². The van der Waals surface area contributed by atoms with Gasteiger partial charge >= 0.3 is 0 Å². The molecular weight excluding hydrogens is 388 g/mol. The summed E-state index contributed by atoms with van der Waals surface area (Å²) in [4.78, 5) is 33.5. The Morgan fingerprint density at radius 1 is 1.10 bits per heavy atom. The number of carbonyl (C=O) groups is 2. The molecule has 1 aromatic carbocycles. The number of hydrogen-bond donors (Lipinski definition) is 1. The molecular formula is C21H26N4O3S. The maximum absolute atomic E-state index is 12.8. The second-order valence-electron chi connectivity index (χ2n) is 7.47. The molecule has 2 aliphatic rings. The van der Waals surface area contributed by atoms with Crippen molar-refractivity contribution < 1.29 is 14.3 Å².